The van der Waals surface area contributed by atoms with Gasteiger partial charge < -0.3 is 9.64 Å². The predicted octanol–water partition coefficient (Wildman–Crippen LogP) is 4.37. The first-order valence-electron chi connectivity index (χ1n) is 8.66. The number of thiophene rings is 1. The number of ketones is 1. The molecule has 0 aliphatic rings. The third-order valence-corrected chi connectivity index (χ3v) is 5.22. The number of benzene rings is 2. The van der Waals surface area contributed by atoms with Crippen molar-refractivity contribution in [2.45, 2.75) is 6.92 Å². The lowest BCUT2D eigenvalue weighted by Crippen LogP contribution is -2.28. The molecule has 1 amide bonds. The van der Waals surface area contributed by atoms with Crippen molar-refractivity contribution in [3.05, 3.63) is 87.6 Å². The molecule has 6 heteroatoms. The third kappa shape index (κ3) is 4.35. The Labute approximate surface area is 167 Å². The van der Waals surface area contributed by atoms with Crippen LogP contribution >= 0.6 is 11.3 Å². The van der Waals surface area contributed by atoms with Crippen LogP contribution in [0.4, 0.5) is 5.69 Å². The van der Waals surface area contributed by atoms with Gasteiger partial charge in [0, 0.05) is 17.6 Å². The normalized spacial score (nSPS) is 10.4. The number of esters is 1. The summed E-state index contributed by atoms with van der Waals surface area (Å²) in [4.78, 5) is 40.6. The third-order valence-electron chi connectivity index (χ3n) is 4.18. The minimum atomic E-state index is -0.702. The number of rotatable bonds is 6. The molecule has 0 N–H and O–H groups in total. The number of nitrogens with zero attached hydrogens (tertiary/aromatic N) is 1. The lowest BCUT2D eigenvalue weighted by Gasteiger charge is -2.18. The maximum Gasteiger partial charge on any atom is 0.339 e. The SMILES string of the molecule is Cc1ccc(C(=O)COC(=O)c2ccccc2C(=O)N(C)c2ccccc2)s1. The second kappa shape index (κ2) is 8.63. The molecule has 0 unspecified atom stereocenters. The van der Waals surface area contributed by atoms with Gasteiger partial charge in [0.15, 0.2) is 6.61 Å². The zero-order valence-electron chi connectivity index (χ0n) is 15.5. The Balaban J connectivity index is 1.75. The van der Waals surface area contributed by atoms with Crippen molar-refractivity contribution in [3.63, 3.8) is 0 Å². The molecule has 2 aromatic carbocycles. The minimum Gasteiger partial charge on any atom is -0.454 e. The number of carbonyl (C=O) groups is 3. The van der Waals surface area contributed by atoms with Gasteiger partial charge in [0.05, 0.1) is 16.0 Å². The van der Waals surface area contributed by atoms with Gasteiger partial charge in [-0.05, 0) is 43.3 Å². The number of aryl methyl sites for hydroxylation is 1. The molecule has 5 nitrogen and oxygen atoms in total. The molecule has 0 fully saturated rings. The second-order valence-electron chi connectivity index (χ2n) is 6.15. The molecule has 0 spiro atoms. The van der Waals surface area contributed by atoms with Gasteiger partial charge in [0.2, 0.25) is 5.78 Å². The van der Waals surface area contributed by atoms with E-state index in [0.717, 1.165) is 4.88 Å². The largest absolute Gasteiger partial charge is 0.454 e. The first kappa shape index (κ1) is 19.5. The average molecular weight is 393 g/mol. The van der Waals surface area contributed by atoms with E-state index in [-0.39, 0.29) is 29.4 Å². The minimum absolute atomic E-state index is 0.130. The summed E-state index contributed by atoms with van der Waals surface area (Å²) in [5.74, 6) is -1.30. The maximum absolute atomic E-state index is 12.9. The van der Waals surface area contributed by atoms with Crippen LogP contribution < -0.4 is 4.90 Å². The number of anilines is 1. The molecule has 3 aromatic rings. The molecule has 28 heavy (non-hydrogen) atoms. The average Bonchev–Trinajstić information content (AvgIpc) is 3.17. The van der Waals surface area contributed by atoms with Crippen LogP contribution in [0.3, 0.4) is 0 Å². The van der Waals surface area contributed by atoms with E-state index < -0.39 is 5.97 Å². The van der Waals surface area contributed by atoms with Gasteiger partial charge in [-0.15, -0.1) is 11.3 Å². The number of hydrogen-bond donors (Lipinski definition) is 0. The summed E-state index contributed by atoms with van der Waals surface area (Å²) in [7, 11) is 1.64. The van der Waals surface area contributed by atoms with E-state index in [1.807, 2.05) is 31.2 Å². The summed E-state index contributed by atoms with van der Waals surface area (Å²) >= 11 is 1.35. The molecule has 0 saturated heterocycles. The Morgan fingerprint density at radius 3 is 2.18 bits per heavy atom. The fraction of sp³-hybridized carbons (Fsp3) is 0.136. The van der Waals surface area contributed by atoms with E-state index in [2.05, 4.69) is 0 Å². The number of para-hydroxylation sites is 1. The van der Waals surface area contributed by atoms with Crippen LogP contribution in [0.5, 0.6) is 0 Å². The smallest absolute Gasteiger partial charge is 0.339 e. The van der Waals surface area contributed by atoms with Gasteiger partial charge in [-0.1, -0.05) is 30.3 Å². The van der Waals surface area contributed by atoms with Gasteiger partial charge >= 0.3 is 5.97 Å². The zero-order chi connectivity index (χ0) is 20.1. The molecule has 142 valence electrons. The highest BCUT2D eigenvalue weighted by Crippen LogP contribution is 2.19. The number of amides is 1. The molecule has 0 saturated carbocycles. The van der Waals surface area contributed by atoms with Gasteiger partial charge in [0.1, 0.15) is 0 Å². The zero-order valence-corrected chi connectivity index (χ0v) is 16.4. The van der Waals surface area contributed by atoms with Crippen LogP contribution in [0.2, 0.25) is 0 Å². The molecule has 3 rings (SSSR count). The highest BCUT2D eigenvalue weighted by Gasteiger charge is 2.22. The summed E-state index contributed by atoms with van der Waals surface area (Å²) in [6.07, 6.45) is 0. The monoisotopic (exact) mass is 393 g/mol. The fourth-order valence-electron chi connectivity index (χ4n) is 2.66. The lowest BCUT2D eigenvalue weighted by atomic mass is 10.1. The molecule has 1 heterocycles. The van der Waals surface area contributed by atoms with Crippen molar-refractivity contribution in [1.29, 1.82) is 0 Å². The van der Waals surface area contributed by atoms with E-state index in [9.17, 15) is 14.4 Å². The van der Waals surface area contributed by atoms with Gasteiger partial charge in [-0.2, -0.15) is 0 Å². The standard InChI is InChI=1S/C22H19NO4S/c1-15-12-13-20(28-15)19(24)14-27-22(26)18-11-7-6-10-17(18)21(25)23(2)16-8-4-3-5-9-16/h3-13H,14H2,1-2H3. The van der Waals surface area contributed by atoms with E-state index in [1.165, 1.54) is 22.3 Å². The number of Topliss-reactive ketones (excluding diaryl/α,β-unsaturated/α-hetero) is 1. The molecule has 0 radical (unpaired) electrons. The van der Waals surface area contributed by atoms with Crippen LogP contribution in [-0.2, 0) is 4.74 Å². The van der Waals surface area contributed by atoms with Crippen molar-refractivity contribution in [1.82, 2.24) is 0 Å². The van der Waals surface area contributed by atoms with E-state index in [4.69, 9.17) is 4.74 Å². The van der Waals surface area contributed by atoms with Crippen molar-refractivity contribution >= 4 is 34.7 Å². The van der Waals surface area contributed by atoms with Crippen LogP contribution in [0, 0.1) is 6.92 Å². The van der Waals surface area contributed by atoms with Crippen molar-refractivity contribution in [2.75, 3.05) is 18.6 Å². The van der Waals surface area contributed by atoms with Crippen molar-refractivity contribution in [3.8, 4) is 0 Å². The molecule has 1 aromatic heterocycles. The van der Waals surface area contributed by atoms with Gasteiger partial charge in [0.25, 0.3) is 5.91 Å². The molecule has 0 atom stereocenters. The quantitative estimate of drug-likeness (QED) is 0.461. The van der Waals surface area contributed by atoms with Crippen molar-refractivity contribution < 1.29 is 19.1 Å². The highest BCUT2D eigenvalue weighted by molar-refractivity contribution is 7.14. The molecule has 0 aliphatic carbocycles. The molecule has 0 bridgehead atoms. The summed E-state index contributed by atoms with van der Waals surface area (Å²) in [5, 5.41) is 0. The summed E-state index contributed by atoms with van der Waals surface area (Å²) in [6.45, 7) is 1.54. The maximum atomic E-state index is 12.9. The Kier molecular flexibility index (Phi) is 6.01. The first-order valence-corrected chi connectivity index (χ1v) is 9.48. The van der Waals surface area contributed by atoms with Crippen LogP contribution in [-0.4, -0.2) is 31.3 Å². The molecule has 0 aliphatic heterocycles. The van der Waals surface area contributed by atoms with Crippen molar-refractivity contribution in [2.24, 2.45) is 0 Å². The number of ether oxygens (including phenoxy) is 1. The van der Waals surface area contributed by atoms with Crippen LogP contribution in [0.15, 0.2) is 66.7 Å². The Morgan fingerprint density at radius 1 is 0.893 bits per heavy atom. The lowest BCUT2D eigenvalue weighted by molar-refractivity contribution is 0.0473. The Hall–Kier alpha value is -3.25. The molecular weight excluding hydrogens is 374 g/mol. The first-order chi connectivity index (χ1) is 13.5. The highest BCUT2D eigenvalue weighted by atomic mass is 32.1. The van der Waals surface area contributed by atoms with E-state index in [0.29, 0.717) is 10.6 Å². The van der Waals surface area contributed by atoms with Gasteiger partial charge in [-0.3, -0.25) is 9.59 Å². The van der Waals surface area contributed by atoms with E-state index >= 15 is 0 Å². The Morgan fingerprint density at radius 2 is 1.54 bits per heavy atom. The van der Waals surface area contributed by atoms with Crippen LogP contribution in [0.1, 0.15) is 35.3 Å². The predicted molar refractivity (Wildman–Crippen MR) is 109 cm³/mol. The summed E-state index contributed by atoms with van der Waals surface area (Å²) in [5.41, 5.74) is 1.06. The van der Waals surface area contributed by atoms with Gasteiger partial charge in [-0.25, -0.2) is 4.79 Å². The topological polar surface area (TPSA) is 63.7 Å². The van der Waals surface area contributed by atoms with E-state index in [1.54, 1.807) is 43.4 Å². The van der Waals surface area contributed by atoms with Crippen LogP contribution in [0.25, 0.3) is 0 Å². The molecular formula is C22H19NO4S. The fourth-order valence-corrected chi connectivity index (χ4v) is 3.45. The number of carbonyl (C=O) groups excluding carboxylic acids is 3. The number of hydrogen-bond acceptors (Lipinski definition) is 5. The second-order valence-corrected chi connectivity index (χ2v) is 7.44. The Bertz CT molecular complexity index is 1010. The summed E-state index contributed by atoms with van der Waals surface area (Å²) in [6, 6.07) is 19.1. The summed E-state index contributed by atoms with van der Waals surface area (Å²) < 4.78 is 5.18.